The van der Waals surface area contributed by atoms with Gasteiger partial charge in [0, 0.05) is 13.5 Å². The average Bonchev–Trinajstić information content (AvgIpc) is 2.17. The highest BCUT2D eigenvalue weighted by Gasteiger charge is 2.33. The molecule has 1 unspecified atom stereocenters. The summed E-state index contributed by atoms with van der Waals surface area (Å²) in [6.07, 6.45) is 2.47. The molecule has 0 radical (unpaired) electrons. The van der Waals surface area contributed by atoms with Gasteiger partial charge in [-0.15, -0.1) is 0 Å². The van der Waals surface area contributed by atoms with Crippen LogP contribution in [0, 0.1) is 5.41 Å². The third-order valence-corrected chi connectivity index (χ3v) is 3.48. The lowest BCUT2D eigenvalue weighted by Crippen LogP contribution is -2.31. The monoisotopic (exact) mass is 226 g/mol. The van der Waals surface area contributed by atoms with Gasteiger partial charge in [-0.2, -0.15) is 0 Å². The predicted octanol–water partition coefficient (Wildman–Crippen LogP) is 2.44. The van der Waals surface area contributed by atoms with Crippen molar-refractivity contribution in [1.29, 1.82) is 0 Å². The van der Waals surface area contributed by atoms with Gasteiger partial charge >= 0.3 is 5.97 Å². The molecule has 0 spiro atoms. The van der Waals surface area contributed by atoms with Gasteiger partial charge < -0.3 is 9.84 Å². The van der Waals surface area contributed by atoms with Gasteiger partial charge in [-0.3, -0.25) is 4.79 Å². The van der Waals surface area contributed by atoms with Gasteiger partial charge in [-0.25, -0.2) is 0 Å². The number of ether oxygens (including phenoxy) is 1. The van der Waals surface area contributed by atoms with Crippen LogP contribution in [0.15, 0.2) is 11.1 Å². The summed E-state index contributed by atoms with van der Waals surface area (Å²) in [5.74, 6) is -0.229. The topological polar surface area (TPSA) is 46.5 Å². The van der Waals surface area contributed by atoms with Gasteiger partial charge in [-0.05, 0) is 37.2 Å². The molecule has 0 bridgehead atoms. The first-order chi connectivity index (χ1) is 7.38. The minimum atomic E-state index is -0.229. The molecule has 1 N–H and O–H groups in total. The van der Waals surface area contributed by atoms with Crippen LogP contribution in [0.4, 0.5) is 0 Å². The van der Waals surface area contributed by atoms with E-state index in [2.05, 4.69) is 13.8 Å². The zero-order valence-electron chi connectivity index (χ0n) is 10.7. The molecule has 0 aliphatic heterocycles. The molecule has 92 valence electrons. The second-order valence-electron chi connectivity index (χ2n) is 5.16. The van der Waals surface area contributed by atoms with E-state index in [4.69, 9.17) is 9.84 Å². The summed E-state index contributed by atoms with van der Waals surface area (Å²) in [4.78, 5) is 11.0. The molecular formula is C13H22O3. The smallest absolute Gasteiger partial charge is 0.303 e. The van der Waals surface area contributed by atoms with Crippen molar-refractivity contribution in [2.75, 3.05) is 6.61 Å². The van der Waals surface area contributed by atoms with Crippen molar-refractivity contribution in [3.63, 3.8) is 0 Å². The Labute approximate surface area is 97.5 Å². The van der Waals surface area contributed by atoms with Crippen LogP contribution in [-0.2, 0) is 9.53 Å². The van der Waals surface area contributed by atoms with Crippen LogP contribution in [0.1, 0.15) is 47.0 Å². The first-order valence-corrected chi connectivity index (χ1v) is 5.86. The maximum atomic E-state index is 11.0. The first-order valence-electron chi connectivity index (χ1n) is 5.86. The number of hydrogen-bond acceptors (Lipinski definition) is 3. The molecule has 0 saturated carbocycles. The number of esters is 1. The molecule has 1 aliphatic carbocycles. The van der Waals surface area contributed by atoms with E-state index in [1.165, 1.54) is 12.5 Å². The van der Waals surface area contributed by atoms with Crippen LogP contribution >= 0.6 is 0 Å². The van der Waals surface area contributed by atoms with E-state index in [0.717, 1.165) is 18.4 Å². The molecule has 0 amide bonds. The number of rotatable bonds is 3. The molecule has 16 heavy (non-hydrogen) atoms. The first kappa shape index (κ1) is 13.2. The van der Waals surface area contributed by atoms with Crippen molar-refractivity contribution >= 4 is 5.97 Å². The molecule has 0 heterocycles. The largest absolute Gasteiger partial charge is 0.458 e. The molecule has 3 nitrogen and oxygen atoms in total. The molecule has 0 aromatic heterocycles. The van der Waals surface area contributed by atoms with Crippen molar-refractivity contribution in [2.24, 2.45) is 5.41 Å². The van der Waals surface area contributed by atoms with Gasteiger partial charge in [-0.1, -0.05) is 19.4 Å². The Morgan fingerprint density at radius 1 is 1.56 bits per heavy atom. The van der Waals surface area contributed by atoms with Gasteiger partial charge in [0.15, 0.2) is 0 Å². The van der Waals surface area contributed by atoms with Crippen LogP contribution in [-0.4, -0.2) is 23.8 Å². The zero-order chi connectivity index (χ0) is 12.3. The van der Waals surface area contributed by atoms with Crippen LogP contribution in [0.3, 0.4) is 0 Å². The summed E-state index contributed by atoms with van der Waals surface area (Å²) in [7, 11) is 0. The fourth-order valence-corrected chi connectivity index (χ4v) is 2.58. The van der Waals surface area contributed by atoms with E-state index in [0.29, 0.717) is 6.42 Å². The molecule has 3 heteroatoms. The number of aliphatic hydroxyl groups is 1. The molecule has 0 saturated heterocycles. The molecule has 1 rings (SSSR count). The summed E-state index contributed by atoms with van der Waals surface area (Å²) in [5.41, 5.74) is 2.48. The van der Waals surface area contributed by atoms with Crippen molar-refractivity contribution in [3.05, 3.63) is 11.1 Å². The van der Waals surface area contributed by atoms with Crippen LogP contribution < -0.4 is 0 Å². The lowest BCUT2D eigenvalue weighted by atomic mass is 9.70. The Morgan fingerprint density at radius 3 is 2.69 bits per heavy atom. The number of carbonyl (C=O) groups excluding carboxylic acids is 1. The quantitative estimate of drug-likeness (QED) is 0.594. The number of aliphatic hydroxyl groups excluding tert-OH is 1. The highest BCUT2D eigenvalue weighted by atomic mass is 16.5. The Bertz CT molecular complexity index is 302. The Morgan fingerprint density at radius 2 is 2.19 bits per heavy atom. The Kier molecular flexibility index (Phi) is 4.14. The molecular weight excluding hydrogens is 204 g/mol. The van der Waals surface area contributed by atoms with Crippen molar-refractivity contribution < 1.29 is 14.6 Å². The van der Waals surface area contributed by atoms with Crippen molar-refractivity contribution in [3.8, 4) is 0 Å². The summed E-state index contributed by atoms with van der Waals surface area (Å²) in [5, 5.41) is 9.09. The summed E-state index contributed by atoms with van der Waals surface area (Å²) in [6.45, 7) is 7.98. The normalized spacial score (nSPS) is 24.4. The lowest BCUT2D eigenvalue weighted by molar-refractivity contribution is -0.145. The van der Waals surface area contributed by atoms with Gasteiger partial charge in [0.1, 0.15) is 6.10 Å². The predicted molar refractivity (Wildman–Crippen MR) is 63.0 cm³/mol. The molecule has 0 aromatic rings. The summed E-state index contributed by atoms with van der Waals surface area (Å²) < 4.78 is 5.29. The highest BCUT2D eigenvalue weighted by molar-refractivity contribution is 5.66. The number of carbonyl (C=O) groups is 1. The van der Waals surface area contributed by atoms with Gasteiger partial charge in [0.05, 0.1) is 0 Å². The van der Waals surface area contributed by atoms with Gasteiger partial charge in [0.2, 0.25) is 0 Å². The Hall–Kier alpha value is -0.830. The second kappa shape index (κ2) is 5.00. The third kappa shape index (κ3) is 2.85. The van der Waals surface area contributed by atoms with Crippen LogP contribution in [0.5, 0.6) is 0 Å². The highest BCUT2D eigenvalue weighted by Crippen LogP contribution is 2.42. The second-order valence-corrected chi connectivity index (χ2v) is 5.16. The van der Waals surface area contributed by atoms with E-state index >= 15 is 0 Å². The average molecular weight is 226 g/mol. The van der Waals surface area contributed by atoms with E-state index in [1.807, 2.05) is 6.92 Å². The molecule has 0 aromatic carbocycles. The maximum Gasteiger partial charge on any atom is 0.303 e. The lowest BCUT2D eigenvalue weighted by Gasteiger charge is -2.38. The molecule has 1 atom stereocenters. The third-order valence-electron chi connectivity index (χ3n) is 3.48. The van der Waals surface area contributed by atoms with E-state index < -0.39 is 0 Å². The van der Waals surface area contributed by atoms with Crippen LogP contribution in [0.2, 0.25) is 0 Å². The van der Waals surface area contributed by atoms with E-state index in [-0.39, 0.29) is 24.1 Å². The fourth-order valence-electron chi connectivity index (χ4n) is 2.58. The summed E-state index contributed by atoms with van der Waals surface area (Å²) >= 11 is 0. The zero-order valence-corrected chi connectivity index (χ0v) is 10.7. The van der Waals surface area contributed by atoms with Crippen molar-refractivity contribution in [2.45, 2.75) is 53.1 Å². The van der Waals surface area contributed by atoms with Crippen LogP contribution in [0.25, 0.3) is 0 Å². The van der Waals surface area contributed by atoms with E-state index in [9.17, 15) is 4.79 Å². The van der Waals surface area contributed by atoms with Gasteiger partial charge in [0.25, 0.3) is 0 Å². The summed E-state index contributed by atoms with van der Waals surface area (Å²) in [6, 6.07) is 0. The minimum Gasteiger partial charge on any atom is -0.458 e. The standard InChI is InChI=1S/C13H22O3/c1-9-11(6-8-14)13(3,4)7-5-12(9)16-10(2)15/h12,14H,5-8H2,1-4H3. The minimum absolute atomic E-state index is 0.0907. The SMILES string of the molecule is CC(=O)OC1CCC(C)(C)C(CCO)=C1C. The van der Waals surface area contributed by atoms with E-state index in [1.54, 1.807) is 0 Å². The molecule has 0 fully saturated rings. The molecule has 1 aliphatic rings. The van der Waals surface area contributed by atoms with Crippen molar-refractivity contribution in [1.82, 2.24) is 0 Å². The number of hydrogen-bond donors (Lipinski definition) is 1. The Balaban J connectivity index is 2.94. The fraction of sp³-hybridized carbons (Fsp3) is 0.769. The maximum absolute atomic E-state index is 11.0.